The molecule has 2 aliphatic heterocycles. The van der Waals surface area contributed by atoms with Crippen LogP contribution in [-0.4, -0.2) is 31.0 Å². The summed E-state index contributed by atoms with van der Waals surface area (Å²) in [7, 11) is -1.48. The van der Waals surface area contributed by atoms with E-state index in [0.29, 0.717) is 18.0 Å². The van der Waals surface area contributed by atoms with Crippen LogP contribution in [0.3, 0.4) is 0 Å². The van der Waals surface area contributed by atoms with Gasteiger partial charge >= 0.3 is 0 Å². The lowest BCUT2D eigenvalue weighted by molar-refractivity contribution is -0.129. The second-order valence-corrected chi connectivity index (χ2v) is 11.1. The second-order valence-electron chi connectivity index (χ2n) is 6.31. The first-order chi connectivity index (χ1) is 9.08. The van der Waals surface area contributed by atoms with Gasteiger partial charge in [-0.2, -0.15) is 0 Å². The van der Waals surface area contributed by atoms with Gasteiger partial charge in [-0.1, -0.05) is 60.8 Å². The van der Waals surface area contributed by atoms with Crippen molar-refractivity contribution >= 4 is 19.2 Å². The van der Waals surface area contributed by atoms with E-state index in [0.717, 1.165) is 18.9 Å². The smallest absolute Gasteiger partial charge is 0.223 e. The fraction of sp³-hybridized carbons (Fsp3) is 0.438. The van der Waals surface area contributed by atoms with Crippen molar-refractivity contribution in [2.45, 2.75) is 44.1 Å². The number of hydrogen-bond acceptors (Lipinski definition) is 1. The molecule has 0 unspecified atom stereocenters. The fourth-order valence-corrected chi connectivity index (χ4v) is 6.10. The van der Waals surface area contributed by atoms with Gasteiger partial charge in [0.2, 0.25) is 5.91 Å². The molecule has 19 heavy (non-hydrogen) atoms. The van der Waals surface area contributed by atoms with Crippen molar-refractivity contribution in [3.8, 4) is 0 Å². The van der Waals surface area contributed by atoms with E-state index in [2.05, 4.69) is 60.5 Å². The predicted octanol–water partition coefficient (Wildman–Crippen LogP) is 2.53. The molecule has 1 aromatic rings. The van der Waals surface area contributed by atoms with E-state index < -0.39 is 8.07 Å². The largest absolute Gasteiger partial charge is 0.330 e. The Labute approximate surface area is 116 Å². The van der Waals surface area contributed by atoms with Gasteiger partial charge in [-0.15, -0.1) is 0 Å². The molecular formula is C16H21NOSi. The summed E-state index contributed by atoms with van der Waals surface area (Å²) in [6.07, 6.45) is 6.25. The maximum atomic E-state index is 12.0. The Balaban J connectivity index is 1.78. The summed E-state index contributed by atoms with van der Waals surface area (Å²) in [6.45, 7) is 4.81. The summed E-state index contributed by atoms with van der Waals surface area (Å²) in [5.41, 5.74) is 0. The van der Waals surface area contributed by atoms with Crippen molar-refractivity contribution in [1.82, 2.24) is 4.90 Å². The molecule has 1 fully saturated rings. The molecule has 0 spiro atoms. The van der Waals surface area contributed by atoms with Gasteiger partial charge in [0.1, 0.15) is 0 Å². The van der Waals surface area contributed by atoms with Gasteiger partial charge in [0, 0.05) is 12.5 Å². The maximum absolute atomic E-state index is 12.0. The van der Waals surface area contributed by atoms with E-state index >= 15 is 0 Å². The molecular weight excluding hydrogens is 250 g/mol. The Hall–Kier alpha value is -1.35. The molecule has 1 saturated heterocycles. The third-order valence-electron chi connectivity index (χ3n) is 4.49. The Bertz CT molecular complexity index is 509. The molecule has 3 rings (SSSR count). The van der Waals surface area contributed by atoms with E-state index in [1.54, 1.807) is 0 Å². The van der Waals surface area contributed by atoms with E-state index in [-0.39, 0.29) is 0 Å². The van der Waals surface area contributed by atoms with Crippen LogP contribution in [0.15, 0.2) is 42.5 Å². The lowest BCUT2D eigenvalue weighted by Crippen LogP contribution is -2.48. The zero-order chi connectivity index (χ0) is 13.5. The molecule has 2 nitrogen and oxygen atoms in total. The molecule has 2 heterocycles. The summed E-state index contributed by atoms with van der Waals surface area (Å²) in [4.78, 5) is 14.1. The van der Waals surface area contributed by atoms with E-state index in [1.165, 1.54) is 5.19 Å². The zero-order valence-corrected chi connectivity index (χ0v) is 12.7. The van der Waals surface area contributed by atoms with Gasteiger partial charge < -0.3 is 4.90 Å². The Morgan fingerprint density at radius 1 is 1.21 bits per heavy atom. The van der Waals surface area contributed by atoms with Crippen LogP contribution in [0.25, 0.3) is 0 Å². The number of benzene rings is 1. The molecule has 0 radical (unpaired) electrons. The van der Waals surface area contributed by atoms with Crippen molar-refractivity contribution in [2.24, 2.45) is 0 Å². The Morgan fingerprint density at radius 3 is 2.68 bits per heavy atom. The van der Waals surface area contributed by atoms with Gasteiger partial charge in [-0.05, 0) is 12.5 Å². The van der Waals surface area contributed by atoms with Crippen LogP contribution < -0.4 is 5.19 Å². The fourth-order valence-electron chi connectivity index (χ4n) is 3.39. The molecule has 3 heteroatoms. The molecule has 0 N–H and O–H groups in total. The van der Waals surface area contributed by atoms with Crippen LogP contribution in [-0.2, 0) is 4.79 Å². The molecule has 0 saturated carbocycles. The monoisotopic (exact) mass is 271 g/mol. The van der Waals surface area contributed by atoms with Gasteiger partial charge in [0.15, 0.2) is 0 Å². The van der Waals surface area contributed by atoms with Crippen molar-refractivity contribution < 1.29 is 4.79 Å². The van der Waals surface area contributed by atoms with Crippen molar-refractivity contribution in [3.05, 3.63) is 42.5 Å². The number of rotatable bonds is 3. The molecule has 0 aliphatic carbocycles. The second kappa shape index (κ2) is 4.64. The molecule has 2 atom stereocenters. The minimum absolute atomic E-state index is 0.335. The quantitative estimate of drug-likeness (QED) is 0.611. The van der Waals surface area contributed by atoms with Crippen molar-refractivity contribution in [1.29, 1.82) is 0 Å². The predicted molar refractivity (Wildman–Crippen MR) is 81.2 cm³/mol. The van der Waals surface area contributed by atoms with Crippen LogP contribution >= 0.6 is 0 Å². The van der Waals surface area contributed by atoms with Crippen molar-refractivity contribution in [2.75, 3.05) is 0 Å². The number of carbonyl (C=O) groups is 1. The zero-order valence-electron chi connectivity index (χ0n) is 11.7. The van der Waals surface area contributed by atoms with Crippen molar-refractivity contribution in [3.63, 3.8) is 0 Å². The Kier molecular flexibility index (Phi) is 3.09. The number of carbonyl (C=O) groups excluding carboxylic acids is 1. The van der Waals surface area contributed by atoms with Gasteiger partial charge in [0.05, 0.1) is 14.1 Å². The molecule has 2 aliphatic rings. The molecule has 1 amide bonds. The third kappa shape index (κ3) is 2.27. The minimum Gasteiger partial charge on any atom is -0.330 e. The van der Waals surface area contributed by atoms with Gasteiger partial charge in [0.25, 0.3) is 0 Å². The van der Waals surface area contributed by atoms with Gasteiger partial charge in [-0.3, -0.25) is 4.79 Å². The topological polar surface area (TPSA) is 20.3 Å². The maximum Gasteiger partial charge on any atom is 0.223 e. The van der Waals surface area contributed by atoms with Crippen LogP contribution in [0.5, 0.6) is 0 Å². The highest BCUT2D eigenvalue weighted by molar-refractivity contribution is 6.89. The highest BCUT2D eigenvalue weighted by Gasteiger charge is 2.40. The third-order valence-corrected chi connectivity index (χ3v) is 7.82. The first kappa shape index (κ1) is 12.7. The molecule has 100 valence electrons. The Morgan fingerprint density at radius 2 is 1.95 bits per heavy atom. The summed E-state index contributed by atoms with van der Waals surface area (Å²) in [5.74, 6) is 0.345. The van der Waals surface area contributed by atoms with E-state index in [9.17, 15) is 4.79 Å². The lowest BCUT2D eigenvalue weighted by atomic mass is 10.2. The van der Waals surface area contributed by atoms with Crippen LogP contribution in [0, 0.1) is 0 Å². The first-order valence-electron chi connectivity index (χ1n) is 7.13. The SMILES string of the molecule is C[Si](C)(C[C@@H]1C=C[C@H]2CCC(=O)N21)c1ccccc1. The summed E-state index contributed by atoms with van der Waals surface area (Å²) in [5, 5.41) is 1.48. The summed E-state index contributed by atoms with van der Waals surface area (Å²) < 4.78 is 0. The summed E-state index contributed by atoms with van der Waals surface area (Å²) >= 11 is 0. The molecule has 1 aromatic carbocycles. The minimum atomic E-state index is -1.48. The first-order valence-corrected chi connectivity index (χ1v) is 10.3. The van der Waals surface area contributed by atoms with E-state index in [1.807, 2.05) is 0 Å². The number of nitrogens with zero attached hydrogens (tertiary/aromatic N) is 1. The lowest BCUT2D eigenvalue weighted by Gasteiger charge is -2.31. The number of fused-ring (bicyclic) bond motifs is 1. The summed E-state index contributed by atoms with van der Waals surface area (Å²) in [6, 6.07) is 12.7. The van der Waals surface area contributed by atoms with Crippen LogP contribution in [0.1, 0.15) is 12.8 Å². The molecule has 0 bridgehead atoms. The number of hydrogen-bond donors (Lipinski definition) is 0. The average molecular weight is 271 g/mol. The highest BCUT2D eigenvalue weighted by Crippen LogP contribution is 2.32. The average Bonchev–Trinajstić information content (AvgIpc) is 2.95. The number of amides is 1. The molecule has 0 aromatic heterocycles. The standard InChI is InChI=1S/C16H21NOSi/c1-19(2,15-6-4-3-5-7-15)12-14-9-8-13-10-11-16(18)17(13)14/h3-9,13-14H,10-12H2,1-2H3/t13-,14-/m0/s1. The van der Waals surface area contributed by atoms with Crippen LogP contribution in [0.2, 0.25) is 19.1 Å². The van der Waals surface area contributed by atoms with E-state index in [4.69, 9.17) is 0 Å². The normalized spacial score (nSPS) is 26.0. The van der Waals surface area contributed by atoms with Crippen LogP contribution in [0.4, 0.5) is 0 Å². The highest BCUT2D eigenvalue weighted by atomic mass is 28.3. The van der Waals surface area contributed by atoms with Gasteiger partial charge in [-0.25, -0.2) is 0 Å².